The van der Waals surface area contributed by atoms with Gasteiger partial charge in [0.1, 0.15) is 0 Å². The lowest BCUT2D eigenvalue weighted by Gasteiger charge is -1.80. The minimum Gasteiger partial charge on any atom is -0.0991 e. The molecule has 62 valence electrons. The van der Waals surface area contributed by atoms with E-state index in [1.165, 1.54) is 0 Å². The van der Waals surface area contributed by atoms with Crippen LogP contribution in [0.25, 0.3) is 0 Å². The van der Waals surface area contributed by atoms with Crippen LogP contribution >= 0.6 is 11.6 Å². The number of hydrogen-bond acceptors (Lipinski definition) is 0. The van der Waals surface area contributed by atoms with E-state index in [9.17, 15) is 0 Å². The van der Waals surface area contributed by atoms with Gasteiger partial charge in [-0.3, -0.25) is 0 Å². The van der Waals surface area contributed by atoms with Crippen LogP contribution in [0.2, 0.25) is 0 Å². The van der Waals surface area contributed by atoms with E-state index in [4.69, 9.17) is 11.6 Å². The summed E-state index contributed by atoms with van der Waals surface area (Å²) in [5, 5.41) is 0.657. The van der Waals surface area contributed by atoms with E-state index < -0.39 is 0 Å². The van der Waals surface area contributed by atoms with Crippen molar-refractivity contribution < 1.29 is 0 Å². The van der Waals surface area contributed by atoms with Crippen LogP contribution in [0.4, 0.5) is 0 Å². The molecular weight excluding hydrogens is 156 g/mol. The third kappa shape index (κ3) is 12.4. The van der Waals surface area contributed by atoms with Gasteiger partial charge >= 0.3 is 0 Å². The maximum atomic E-state index is 5.61. The minimum absolute atomic E-state index is 0.657. The maximum absolute atomic E-state index is 5.61. The van der Waals surface area contributed by atoms with Crippen LogP contribution in [0.3, 0.4) is 0 Å². The molecule has 0 bridgehead atoms. The van der Waals surface area contributed by atoms with Gasteiger partial charge in [0.25, 0.3) is 0 Å². The average Bonchev–Trinajstić information content (AvgIpc) is 2.05. The highest BCUT2D eigenvalue weighted by atomic mass is 35.5. The quantitative estimate of drug-likeness (QED) is 0.561. The Morgan fingerprint density at radius 1 is 1.18 bits per heavy atom. The molecule has 0 aromatic rings. The Morgan fingerprint density at radius 2 is 1.73 bits per heavy atom. The third-order valence-corrected chi connectivity index (χ3v) is 0.921. The van der Waals surface area contributed by atoms with Crippen molar-refractivity contribution in [3.63, 3.8) is 0 Å². The van der Waals surface area contributed by atoms with Crippen molar-refractivity contribution in [2.45, 2.75) is 13.8 Å². The molecule has 11 heavy (non-hydrogen) atoms. The Kier molecular flexibility index (Phi) is 14.0. The van der Waals surface area contributed by atoms with Gasteiger partial charge in [-0.15, -0.1) is 0 Å². The topological polar surface area (TPSA) is 0 Å². The first-order chi connectivity index (χ1) is 5.31. The van der Waals surface area contributed by atoms with Crippen LogP contribution in [0, 0.1) is 0 Å². The van der Waals surface area contributed by atoms with E-state index in [0.717, 1.165) is 0 Å². The van der Waals surface area contributed by atoms with E-state index in [2.05, 4.69) is 13.2 Å². The number of hydrogen-bond donors (Lipinski definition) is 0. The molecule has 0 atom stereocenters. The Hall–Kier alpha value is -0.750. The van der Waals surface area contributed by atoms with Crippen molar-refractivity contribution in [3.8, 4) is 0 Å². The first-order valence-electron chi connectivity index (χ1n) is 3.58. The normalized spacial score (nSPS) is 10.3. The minimum atomic E-state index is 0.657. The van der Waals surface area contributed by atoms with Crippen LogP contribution in [0.1, 0.15) is 13.8 Å². The second-order valence-corrected chi connectivity index (χ2v) is 1.82. The van der Waals surface area contributed by atoms with Gasteiger partial charge < -0.3 is 0 Å². The molecule has 0 rings (SSSR count). The van der Waals surface area contributed by atoms with Crippen molar-refractivity contribution in [2.24, 2.45) is 0 Å². The van der Waals surface area contributed by atoms with Crippen LogP contribution in [-0.4, -0.2) is 0 Å². The Morgan fingerprint density at radius 3 is 2.09 bits per heavy atom. The van der Waals surface area contributed by atoms with E-state index >= 15 is 0 Å². The smallest absolute Gasteiger partial charge is 0.0405 e. The molecule has 0 aliphatic rings. The molecule has 0 saturated heterocycles. The molecular formula is C10H15Cl. The third-order valence-electron chi connectivity index (χ3n) is 0.669. The summed E-state index contributed by atoms with van der Waals surface area (Å²) in [7, 11) is 0. The molecule has 0 aromatic heterocycles. The predicted molar refractivity (Wildman–Crippen MR) is 54.8 cm³/mol. The standard InChI is InChI=1S/C8H9Cl.C2H6/c1-3-5-7-8(9)6-4-2;1-2/h3-7H,1-2H2;1-2H3/b7-5-,8-6+;. The van der Waals surface area contributed by atoms with Gasteiger partial charge in [-0.05, 0) is 12.2 Å². The van der Waals surface area contributed by atoms with Gasteiger partial charge in [-0.25, -0.2) is 0 Å². The van der Waals surface area contributed by atoms with Gasteiger partial charge in [0.05, 0.1) is 0 Å². The zero-order valence-corrected chi connectivity index (χ0v) is 7.93. The second-order valence-electron chi connectivity index (χ2n) is 1.38. The highest BCUT2D eigenvalue weighted by molar-refractivity contribution is 6.31. The summed E-state index contributed by atoms with van der Waals surface area (Å²) in [5.74, 6) is 0. The second kappa shape index (κ2) is 12.0. The molecule has 0 aliphatic heterocycles. The fourth-order valence-corrected chi connectivity index (χ4v) is 0.490. The first-order valence-corrected chi connectivity index (χ1v) is 3.96. The number of halogens is 1. The van der Waals surface area contributed by atoms with Gasteiger partial charge in [-0.2, -0.15) is 0 Å². The van der Waals surface area contributed by atoms with E-state index in [1.54, 1.807) is 30.4 Å². The van der Waals surface area contributed by atoms with Crippen LogP contribution in [0.5, 0.6) is 0 Å². The molecule has 0 heterocycles. The summed E-state index contributed by atoms with van der Waals surface area (Å²) in [6, 6.07) is 0. The van der Waals surface area contributed by atoms with E-state index in [-0.39, 0.29) is 0 Å². The monoisotopic (exact) mass is 170 g/mol. The summed E-state index contributed by atoms with van der Waals surface area (Å²) in [6.45, 7) is 11.0. The van der Waals surface area contributed by atoms with Gasteiger partial charge in [0.2, 0.25) is 0 Å². The summed E-state index contributed by atoms with van der Waals surface area (Å²) in [4.78, 5) is 0. The maximum Gasteiger partial charge on any atom is 0.0405 e. The van der Waals surface area contributed by atoms with Crippen molar-refractivity contribution in [2.75, 3.05) is 0 Å². The average molecular weight is 171 g/mol. The Bertz CT molecular complexity index is 152. The van der Waals surface area contributed by atoms with Crippen LogP contribution < -0.4 is 0 Å². The zero-order valence-electron chi connectivity index (χ0n) is 7.18. The van der Waals surface area contributed by atoms with Crippen LogP contribution in [-0.2, 0) is 0 Å². The Balaban J connectivity index is 0. The molecule has 0 nitrogen and oxygen atoms in total. The fraction of sp³-hybridized carbons (Fsp3) is 0.200. The van der Waals surface area contributed by atoms with Gasteiger partial charge in [0, 0.05) is 5.03 Å². The van der Waals surface area contributed by atoms with Crippen LogP contribution in [0.15, 0.2) is 48.6 Å². The molecule has 0 amide bonds. The summed E-state index contributed by atoms with van der Waals surface area (Å²) in [5.41, 5.74) is 0. The molecule has 0 aliphatic carbocycles. The van der Waals surface area contributed by atoms with Gasteiger partial charge in [0.15, 0.2) is 0 Å². The first kappa shape index (κ1) is 12.9. The number of allylic oxidation sites excluding steroid dienone is 6. The molecule has 0 saturated carbocycles. The summed E-state index contributed by atoms with van der Waals surface area (Å²) >= 11 is 5.61. The predicted octanol–water partition coefficient (Wildman–Crippen LogP) is 4.06. The molecule has 0 radical (unpaired) electrons. The van der Waals surface area contributed by atoms with Gasteiger partial charge in [-0.1, -0.05) is 56.8 Å². The summed E-state index contributed by atoms with van der Waals surface area (Å²) < 4.78 is 0. The fourth-order valence-electron chi connectivity index (χ4n) is 0.328. The molecule has 1 heteroatoms. The lowest BCUT2D eigenvalue weighted by atomic mass is 10.4. The lowest BCUT2D eigenvalue weighted by Crippen LogP contribution is -1.57. The van der Waals surface area contributed by atoms with E-state index in [0.29, 0.717) is 5.03 Å². The summed E-state index contributed by atoms with van der Waals surface area (Å²) in [6.07, 6.45) is 8.52. The number of rotatable bonds is 3. The van der Waals surface area contributed by atoms with Crippen molar-refractivity contribution in [1.82, 2.24) is 0 Å². The Labute approximate surface area is 74.6 Å². The highest BCUT2D eigenvalue weighted by Gasteiger charge is 1.76. The molecule has 0 N–H and O–H groups in total. The SMILES string of the molecule is C=C/C=C\C(Cl)=C/C=C.CC. The molecule has 0 aromatic carbocycles. The largest absolute Gasteiger partial charge is 0.0991 e. The van der Waals surface area contributed by atoms with E-state index in [1.807, 2.05) is 13.8 Å². The lowest BCUT2D eigenvalue weighted by molar-refractivity contribution is 1.50. The highest BCUT2D eigenvalue weighted by Crippen LogP contribution is 2.01. The molecule has 0 spiro atoms. The van der Waals surface area contributed by atoms with Crippen molar-refractivity contribution >= 4 is 11.6 Å². The molecule has 0 unspecified atom stereocenters. The zero-order chi connectivity index (χ0) is 9.11. The molecule has 0 fully saturated rings. The van der Waals surface area contributed by atoms with Crippen molar-refractivity contribution in [1.29, 1.82) is 0 Å². The van der Waals surface area contributed by atoms with Crippen molar-refractivity contribution in [3.05, 3.63) is 48.6 Å².